The van der Waals surface area contributed by atoms with E-state index in [2.05, 4.69) is 10.3 Å². The molecule has 0 fully saturated rings. The summed E-state index contributed by atoms with van der Waals surface area (Å²) < 4.78 is 0. The highest BCUT2D eigenvalue weighted by molar-refractivity contribution is 7.10. The first-order valence-corrected chi connectivity index (χ1v) is 10.00. The highest BCUT2D eigenvalue weighted by Gasteiger charge is 2.21. The van der Waals surface area contributed by atoms with Gasteiger partial charge in [-0.05, 0) is 42.6 Å². The zero-order valence-electron chi connectivity index (χ0n) is 14.4. The highest BCUT2D eigenvalue weighted by Crippen LogP contribution is 2.38. The minimum absolute atomic E-state index is 0.176. The molecule has 1 atom stereocenters. The molecule has 0 radical (unpaired) electrons. The van der Waals surface area contributed by atoms with Crippen LogP contribution in [0.1, 0.15) is 22.2 Å². The fourth-order valence-electron chi connectivity index (χ4n) is 3.08. The number of aromatic nitrogens is 1. The van der Waals surface area contributed by atoms with Crippen molar-refractivity contribution in [3.63, 3.8) is 0 Å². The van der Waals surface area contributed by atoms with Gasteiger partial charge in [0.15, 0.2) is 0 Å². The van der Waals surface area contributed by atoms with Crippen LogP contribution in [0.4, 0.5) is 5.69 Å². The Balaban J connectivity index is 1.84. The average molecular weight is 415 g/mol. The number of thiophene rings is 1. The third kappa shape index (κ3) is 3.74. The van der Waals surface area contributed by atoms with Crippen molar-refractivity contribution in [3.05, 3.63) is 86.2 Å². The van der Waals surface area contributed by atoms with Crippen LogP contribution in [0.2, 0.25) is 10.0 Å². The van der Waals surface area contributed by atoms with E-state index in [-0.39, 0.29) is 11.8 Å². The first-order chi connectivity index (χ1) is 13.0. The molecule has 0 aliphatic rings. The number of phenols is 1. The summed E-state index contributed by atoms with van der Waals surface area (Å²) in [5.74, 6) is 0.176. The smallest absolute Gasteiger partial charge is 0.147 e. The molecular weight excluding hydrogens is 399 g/mol. The molecule has 0 amide bonds. The number of anilines is 1. The van der Waals surface area contributed by atoms with Gasteiger partial charge >= 0.3 is 0 Å². The van der Waals surface area contributed by atoms with Gasteiger partial charge in [0, 0.05) is 37.3 Å². The third-order valence-electron chi connectivity index (χ3n) is 4.32. The van der Waals surface area contributed by atoms with Gasteiger partial charge in [-0.1, -0.05) is 47.5 Å². The summed E-state index contributed by atoms with van der Waals surface area (Å²) in [5, 5.41) is 18.4. The Morgan fingerprint density at radius 1 is 1.04 bits per heavy atom. The van der Waals surface area contributed by atoms with Crippen LogP contribution in [0.5, 0.6) is 5.75 Å². The molecule has 136 valence electrons. The Bertz CT molecular complexity index is 1090. The molecule has 0 spiro atoms. The van der Waals surface area contributed by atoms with Gasteiger partial charge in [-0.3, -0.25) is 0 Å². The number of benzene rings is 2. The van der Waals surface area contributed by atoms with Gasteiger partial charge in [0.25, 0.3) is 0 Å². The summed E-state index contributed by atoms with van der Waals surface area (Å²) in [5.41, 5.74) is 2.99. The van der Waals surface area contributed by atoms with E-state index < -0.39 is 0 Å². The lowest BCUT2D eigenvalue weighted by Crippen LogP contribution is -2.11. The van der Waals surface area contributed by atoms with Crippen molar-refractivity contribution in [3.8, 4) is 5.75 Å². The molecule has 0 bridgehead atoms. The van der Waals surface area contributed by atoms with Crippen LogP contribution in [-0.2, 0) is 0 Å². The van der Waals surface area contributed by atoms with E-state index in [4.69, 9.17) is 23.2 Å². The zero-order valence-corrected chi connectivity index (χ0v) is 16.7. The van der Waals surface area contributed by atoms with Gasteiger partial charge in [0.1, 0.15) is 11.3 Å². The molecule has 2 N–H and O–H groups in total. The lowest BCUT2D eigenvalue weighted by atomic mass is 10.0. The minimum Gasteiger partial charge on any atom is -0.505 e. The van der Waals surface area contributed by atoms with Gasteiger partial charge in [-0.2, -0.15) is 0 Å². The number of hydrogen-bond donors (Lipinski definition) is 2. The monoisotopic (exact) mass is 414 g/mol. The number of fused-ring (bicyclic) bond motifs is 1. The molecule has 4 rings (SSSR count). The summed E-state index contributed by atoms with van der Waals surface area (Å²) in [7, 11) is 0. The van der Waals surface area contributed by atoms with Gasteiger partial charge < -0.3 is 10.4 Å². The Morgan fingerprint density at radius 2 is 1.78 bits per heavy atom. The van der Waals surface area contributed by atoms with Gasteiger partial charge in [0.05, 0.1) is 6.04 Å². The maximum Gasteiger partial charge on any atom is 0.147 e. The standard InChI is InChI=1S/C21H16Cl2N2OS/c1-12-4-5-13-6-7-17(21(26)19(13)24-12)20(18-3-2-8-27-18)25-16-10-14(22)9-15(23)11-16/h2-11,20,25-26H,1H3. The second-order valence-electron chi connectivity index (χ2n) is 6.28. The van der Waals surface area contributed by atoms with E-state index >= 15 is 0 Å². The number of rotatable bonds is 4. The third-order valence-corrected chi connectivity index (χ3v) is 5.69. The zero-order chi connectivity index (χ0) is 19.0. The normalized spacial score (nSPS) is 12.3. The molecule has 2 aromatic heterocycles. The molecule has 6 heteroatoms. The van der Waals surface area contributed by atoms with Crippen LogP contribution in [0.3, 0.4) is 0 Å². The van der Waals surface area contributed by atoms with Gasteiger partial charge in [-0.15, -0.1) is 11.3 Å². The first kappa shape index (κ1) is 18.1. The number of phenolic OH excluding ortho intramolecular Hbond substituents is 1. The fourth-order valence-corrected chi connectivity index (χ4v) is 4.40. The van der Waals surface area contributed by atoms with Crippen molar-refractivity contribution in [1.29, 1.82) is 0 Å². The van der Waals surface area contributed by atoms with Crippen molar-refractivity contribution in [2.45, 2.75) is 13.0 Å². The number of nitrogens with one attached hydrogen (secondary N) is 1. The number of pyridine rings is 1. The largest absolute Gasteiger partial charge is 0.505 e. The maximum atomic E-state index is 11.0. The second kappa shape index (κ2) is 7.39. The van der Waals surface area contributed by atoms with Gasteiger partial charge in [0.2, 0.25) is 0 Å². The minimum atomic E-state index is -0.258. The SMILES string of the molecule is Cc1ccc2ccc(C(Nc3cc(Cl)cc(Cl)c3)c3cccs3)c(O)c2n1. The predicted molar refractivity (Wildman–Crippen MR) is 114 cm³/mol. The van der Waals surface area contributed by atoms with E-state index in [9.17, 15) is 5.11 Å². The summed E-state index contributed by atoms with van der Waals surface area (Å²) in [6.07, 6.45) is 0. The Morgan fingerprint density at radius 3 is 2.48 bits per heavy atom. The Hall–Kier alpha value is -2.27. The number of halogens is 2. The maximum absolute atomic E-state index is 11.0. The Labute approximate surface area is 171 Å². The quantitative estimate of drug-likeness (QED) is 0.385. The summed E-state index contributed by atoms with van der Waals surface area (Å²) in [6, 6.07) is 16.9. The molecule has 2 aromatic carbocycles. The number of nitrogens with zero attached hydrogens (tertiary/aromatic N) is 1. The molecule has 27 heavy (non-hydrogen) atoms. The number of aryl methyl sites for hydroxylation is 1. The topological polar surface area (TPSA) is 45.1 Å². The van der Waals surface area contributed by atoms with Crippen molar-refractivity contribution in [2.24, 2.45) is 0 Å². The van der Waals surface area contributed by atoms with Crippen molar-refractivity contribution in [2.75, 3.05) is 5.32 Å². The van der Waals surface area contributed by atoms with Crippen LogP contribution in [0.25, 0.3) is 10.9 Å². The highest BCUT2D eigenvalue weighted by atomic mass is 35.5. The van der Waals surface area contributed by atoms with Crippen molar-refractivity contribution in [1.82, 2.24) is 4.98 Å². The fraction of sp³-hybridized carbons (Fsp3) is 0.0952. The molecule has 0 saturated heterocycles. The lowest BCUT2D eigenvalue weighted by Gasteiger charge is -2.21. The Kier molecular flexibility index (Phi) is 4.96. The molecule has 1 unspecified atom stereocenters. The van der Waals surface area contributed by atoms with Crippen LogP contribution >= 0.6 is 34.5 Å². The molecule has 4 aromatic rings. The molecule has 2 heterocycles. The predicted octanol–water partition coefficient (Wildman–Crippen LogP) is 6.82. The van der Waals surface area contributed by atoms with E-state index in [1.54, 1.807) is 17.4 Å². The number of hydrogen-bond acceptors (Lipinski definition) is 4. The number of aromatic hydroxyl groups is 1. The second-order valence-corrected chi connectivity index (χ2v) is 8.13. The summed E-state index contributed by atoms with van der Waals surface area (Å²) >= 11 is 13.9. The molecule has 0 saturated carbocycles. The average Bonchev–Trinajstić information content (AvgIpc) is 3.14. The van der Waals surface area contributed by atoms with Crippen molar-refractivity contribution < 1.29 is 5.11 Å². The van der Waals surface area contributed by atoms with E-state index in [0.29, 0.717) is 15.6 Å². The van der Waals surface area contributed by atoms with Crippen LogP contribution in [-0.4, -0.2) is 10.1 Å². The molecule has 3 nitrogen and oxygen atoms in total. The van der Waals surface area contributed by atoms with E-state index in [0.717, 1.165) is 27.2 Å². The lowest BCUT2D eigenvalue weighted by molar-refractivity contribution is 0.472. The van der Waals surface area contributed by atoms with Crippen LogP contribution in [0.15, 0.2) is 60.0 Å². The van der Waals surface area contributed by atoms with Crippen molar-refractivity contribution >= 4 is 51.1 Å². The molecule has 0 aliphatic heterocycles. The summed E-state index contributed by atoms with van der Waals surface area (Å²) in [6.45, 7) is 1.91. The van der Waals surface area contributed by atoms with E-state index in [1.165, 1.54) is 0 Å². The van der Waals surface area contributed by atoms with Crippen LogP contribution < -0.4 is 5.32 Å². The van der Waals surface area contributed by atoms with Gasteiger partial charge in [-0.25, -0.2) is 4.98 Å². The first-order valence-electron chi connectivity index (χ1n) is 8.36. The van der Waals surface area contributed by atoms with E-state index in [1.807, 2.05) is 60.8 Å². The van der Waals surface area contributed by atoms with Crippen LogP contribution in [0, 0.1) is 6.92 Å². The molecular formula is C21H16Cl2N2OS. The molecule has 0 aliphatic carbocycles. The summed E-state index contributed by atoms with van der Waals surface area (Å²) in [4.78, 5) is 5.58.